The first-order chi connectivity index (χ1) is 39.8. The average molecular weight is 1140 g/mol. The predicted octanol–water partition coefficient (Wildman–Crippen LogP) is 20.4. The molecular formula is C71H112NO8P. The molecule has 0 aliphatic rings. The minimum absolute atomic E-state index is 0.0354. The fraction of sp³-hybridized carbons (Fsp3) is 0.549. The molecule has 454 valence electrons. The number of ether oxygens (including phenoxy) is 2. The molecule has 0 bridgehead atoms. The number of hydrogen-bond donors (Lipinski definition) is 2. The number of phosphoric acid groups is 1. The molecule has 9 nitrogen and oxygen atoms in total. The third kappa shape index (κ3) is 64.1. The van der Waals surface area contributed by atoms with Crippen LogP contribution < -0.4 is 5.73 Å². The predicted molar refractivity (Wildman–Crippen MR) is 348 cm³/mol. The highest BCUT2D eigenvalue weighted by Crippen LogP contribution is 2.43. The summed E-state index contributed by atoms with van der Waals surface area (Å²) in [6.07, 6.45) is 96.7. The molecule has 0 aromatic rings. The van der Waals surface area contributed by atoms with E-state index in [1.165, 1.54) is 44.9 Å². The Balaban J connectivity index is 4.09. The van der Waals surface area contributed by atoms with E-state index in [9.17, 15) is 19.0 Å². The van der Waals surface area contributed by atoms with E-state index in [1.54, 1.807) is 0 Å². The lowest BCUT2D eigenvalue weighted by Crippen LogP contribution is -2.29. The SMILES string of the molecule is CC/C=C\C/C=C\C/C=C\C/C=C\C/C=C\C/C=C\C/C=C\C/C=C\CCCCC(=O)OC(COC(=O)CCCCCCCCCCCCC/C=C\C/C=C\C/C=C\C/C=C\C/C=C\C/C=C\C/C=C\CC)COP(=O)(O)OCCN. The molecule has 3 N–H and O–H groups in total. The summed E-state index contributed by atoms with van der Waals surface area (Å²) < 4.78 is 33.0. The molecule has 0 amide bonds. The van der Waals surface area contributed by atoms with Crippen molar-refractivity contribution < 1.29 is 37.6 Å². The van der Waals surface area contributed by atoms with Crippen molar-refractivity contribution >= 4 is 19.8 Å². The maximum Gasteiger partial charge on any atom is 0.472 e. The summed E-state index contributed by atoms with van der Waals surface area (Å²) in [5.74, 6) is -0.897. The zero-order valence-corrected chi connectivity index (χ0v) is 51.6. The topological polar surface area (TPSA) is 134 Å². The molecule has 2 atom stereocenters. The van der Waals surface area contributed by atoms with Crippen molar-refractivity contribution in [1.82, 2.24) is 0 Å². The lowest BCUT2D eigenvalue weighted by molar-refractivity contribution is -0.161. The first-order valence-corrected chi connectivity index (χ1v) is 32.8. The van der Waals surface area contributed by atoms with Crippen molar-refractivity contribution in [2.45, 2.75) is 225 Å². The first-order valence-electron chi connectivity index (χ1n) is 31.3. The Bertz CT molecular complexity index is 1980. The number of unbranched alkanes of at least 4 members (excludes halogenated alkanes) is 13. The van der Waals surface area contributed by atoms with Gasteiger partial charge in [-0.2, -0.15) is 0 Å². The van der Waals surface area contributed by atoms with Crippen molar-refractivity contribution in [3.05, 3.63) is 182 Å². The maximum atomic E-state index is 12.7. The summed E-state index contributed by atoms with van der Waals surface area (Å²) in [5, 5.41) is 0. The molecular weight excluding hydrogens is 1030 g/mol. The van der Waals surface area contributed by atoms with E-state index < -0.39 is 32.5 Å². The van der Waals surface area contributed by atoms with E-state index in [1.807, 2.05) is 0 Å². The Hall–Kier alpha value is -4.89. The van der Waals surface area contributed by atoms with Crippen LogP contribution in [-0.4, -0.2) is 49.3 Å². The number of carbonyl (C=O) groups excluding carboxylic acids is 2. The molecule has 81 heavy (non-hydrogen) atoms. The van der Waals surface area contributed by atoms with E-state index in [-0.39, 0.29) is 32.6 Å². The van der Waals surface area contributed by atoms with E-state index in [2.05, 4.69) is 196 Å². The second kappa shape index (κ2) is 64.3. The first kappa shape index (κ1) is 76.1. The van der Waals surface area contributed by atoms with Crippen LogP contribution in [0.1, 0.15) is 219 Å². The van der Waals surface area contributed by atoms with Crippen LogP contribution in [0.25, 0.3) is 0 Å². The molecule has 0 aromatic heterocycles. The molecule has 0 aromatic carbocycles. The number of allylic oxidation sites excluding steroid dienone is 30. The quantitative estimate of drug-likeness (QED) is 0.0264. The highest BCUT2D eigenvalue weighted by molar-refractivity contribution is 7.47. The minimum atomic E-state index is -4.42. The van der Waals surface area contributed by atoms with Gasteiger partial charge in [-0.25, -0.2) is 4.57 Å². The van der Waals surface area contributed by atoms with Crippen LogP contribution in [0.15, 0.2) is 182 Å². The third-order valence-corrected chi connectivity index (χ3v) is 13.3. The van der Waals surface area contributed by atoms with Crippen LogP contribution >= 0.6 is 7.82 Å². The summed E-state index contributed by atoms with van der Waals surface area (Å²) in [5.41, 5.74) is 5.38. The number of nitrogens with two attached hydrogens (primary N) is 1. The van der Waals surface area contributed by atoms with Gasteiger partial charge in [0.2, 0.25) is 0 Å². The van der Waals surface area contributed by atoms with Crippen LogP contribution in [0.2, 0.25) is 0 Å². The molecule has 0 saturated heterocycles. The van der Waals surface area contributed by atoms with Gasteiger partial charge in [-0.05, 0) is 135 Å². The van der Waals surface area contributed by atoms with Gasteiger partial charge in [0, 0.05) is 19.4 Å². The lowest BCUT2D eigenvalue weighted by Gasteiger charge is -2.19. The number of esters is 2. The van der Waals surface area contributed by atoms with Gasteiger partial charge in [0.05, 0.1) is 13.2 Å². The second-order valence-corrected chi connectivity index (χ2v) is 21.3. The molecule has 0 aliphatic heterocycles. The van der Waals surface area contributed by atoms with Gasteiger partial charge in [0.25, 0.3) is 0 Å². The van der Waals surface area contributed by atoms with Gasteiger partial charge in [-0.15, -0.1) is 0 Å². The molecule has 0 radical (unpaired) electrons. The molecule has 2 unspecified atom stereocenters. The van der Waals surface area contributed by atoms with Gasteiger partial charge < -0.3 is 20.1 Å². The molecule has 0 aliphatic carbocycles. The van der Waals surface area contributed by atoms with E-state index in [0.717, 1.165) is 135 Å². The highest BCUT2D eigenvalue weighted by Gasteiger charge is 2.26. The van der Waals surface area contributed by atoms with Crippen LogP contribution in [-0.2, 0) is 32.7 Å². The highest BCUT2D eigenvalue weighted by atomic mass is 31.2. The number of rotatable bonds is 56. The van der Waals surface area contributed by atoms with Gasteiger partial charge in [0.1, 0.15) is 6.61 Å². The van der Waals surface area contributed by atoms with E-state index in [4.69, 9.17) is 24.3 Å². The summed E-state index contributed by atoms with van der Waals surface area (Å²) in [6.45, 7) is 3.44. The monoisotopic (exact) mass is 1140 g/mol. The average Bonchev–Trinajstić information content (AvgIpc) is 3.46. The summed E-state index contributed by atoms with van der Waals surface area (Å²) in [4.78, 5) is 35.3. The smallest absolute Gasteiger partial charge is 0.462 e. The third-order valence-electron chi connectivity index (χ3n) is 12.3. The van der Waals surface area contributed by atoms with Crippen LogP contribution in [0.4, 0.5) is 0 Å². The lowest BCUT2D eigenvalue weighted by atomic mass is 10.0. The standard InChI is InChI=1S/C71H112NO8P/c1-3-5-7-9-11-13-15-17-19-21-23-25-27-29-31-32-33-34-35-36-38-39-41-43-45-47-49-51-53-55-57-59-61-63-70(73)77-67-69(68-79-81(75,76)78-66-65-72)80-71(74)64-62-60-58-56-54-52-50-48-46-44-42-40-37-30-28-26-24-22-20-18-16-14-12-10-8-6-4-2/h5-8,11-14,17-20,23-26,29-31,33-34,36-38,42,44,48,50,54,56,69H,3-4,9-10,15-16,21-22,27-28,32,35,39-41,43,45-47,49,51-53,55,57-68,72H2,1-2H3,(H,75,76)/b7-5-,8-6-,13-11-,14-12-,19-17-,20-18-,25-23-,26-24-,31-29-,34-33-,37-30-,38-36-,44-42-,50-48-,56-54-. The van der Waals surface area contributed by atoms with Gasteiger partial charge in [-0.1, -0.05) is 254 Å². The maximum absolute atomic E-state index is 12.7. The van der Waals surface area contributed by atoms with E-state index >= 15 is 0 Å². The molecule has 0 fully saturated rings. The minimum Gasteiger partial charge on any atom is -0.462 e. The molecule has 0 heterocycles. The normalized spacial score (nSPS) is 14.3. The Morgan fingerprint density at radius 2 is 0.642 bits per heavy atom. The summed E-state index contributed by atoms with van der Waals surface area (Å²) in [6, 6.07) is 0. The molecule has 0 rings (SSSR count). The molecule has 10 heteroatoms. The van der Waals surface area contributed by atoms with Crippen LogP contribution in [0.3, 0.4) is 0 Å². The Labute approximate surface area is 494 Å². The van der Waals surface area contributed by atoms with Gasteiger partial charge >= 0.3 is 19.8 Å². The van der Waals surface area contributed by atoms with Crippen molar-refractivity contribution in [1.29, 1.82) is 0 Å². The van der Waals surface area contributed by atoms with Crippen LogP contribution in [0.5, 0.6) is 0 Å². The molecule has 0 saturated carbocycles. The second-order valence-electron chi connectivity index (χ2n) is 19.8. The van der Waals surface area contributed by atoms with Crippen LogP contribution in [0, 0.1) is 0 Å². The fourth-order valence-electron chi connectivity index (χ4n) is 7.75. The van der Waals surface area contributed by atoms with Crippen molar-refractivity contribution in [3.63, 3.8) is 0 Å². The number of carbonyl (C=O) groups is 2. The largest absolute Gasteiger partial charge is 0.472 e. The zero-order valence-electron chi connectivity index (χ0n) is 50.7. The summed E-state index contributed by atoms with van der Waals surface area (Å²) in [7, 11) is -4.42. The van der Waals surface area contributed by atoms with Gasteiger partial charge in [0.15, 0.2) is 6.10 Å². The summed E-state index contributed by atoms with van der Waals surface area (Å²) >= 11 is 0. The van der Waals surface area contributed by atoms with Crippen molar-refractivity contribution in [2.24, 2.45) is 5.73 Å². The number of phosphoric ester groups is 1. The number of hydrogen-bond acceptors (Lipinski definition) is 8. The van der Waals surface area contributed by atoms with Crippen molar-refractivity contribution in [2.75, 3.05) is 26.4 Å². The van der Waals surface area contributed by atoms with Crippen molar-refractivity contribution in [3.8, 4) is 0 Å². The fourth-order valence-corrected chi connectivity index (χ4v) is 8.51. The molecule has 0 spiro atoms. The Morgan fingerprint density at radius 1 is 0.370 bits per heavy atom. The Kier molecular flexibility index (Phi) is 60.4. The van der Waals surface area contributed by atoms with Gasteiger partial charge in [-0.3, -0.25) is 18.6 Å². The zero-order chi connectivity index (χ0) is 58.7. The Morgan fingerprint density at radius 3 is 0.975 bits per heavy atom. The van der Waals surface area contributed by atoms with E-state index in [0.29, 0.717) is 12.8 Å².